The highest BCUT2D eigenvalue weighted by Crippen LogP contribution is 2.14. The summed E-state index contributed by atoms with van der Waals surface area (Å²) in [4.78, 5) is 18.5. The van der Waals surface area contributed by atoms with Crippen molar-refractivity contribution >= 4 is 5.91 Å². The number of rotatable bonds is 8. The molecule has 1 amide bonds. The van der Waals surface area contributed by atoms with E-state index >= 15 is 0 Å². The first-order chi connectivity index (χ1) is 13.5. The summed E-state index contributed by atoms with van der Waals surface area (Å²) in [6, 6.07) is 15.5. The zero-order valence-corrected chi connectivity index (χ0v) is 16.5. The van der Waals surface area contributed by atoms with E-state index in [1.807, 2.05) is 55.5 Å². The quantitative estimate of drug-likeness (QED) is 0.595. The molecule has 0 bridgehead atoms. The van der Waals surface area contributed by atoms with Gasteiger partial charge in [-0.3, -0.25) is 4.79 Å². The minimum Gasteiger partial charge on any atom is -0.484 e. The van der Waals surface area contributed by atoms with Crippen molar-refractivity contribution in [2.45, 2.75) is 33.3 Å². The maximum Gasteiger partial charge on any atom is 0.264 e. The van der Waals surface area contributed by atoms with Gasteiger partial charge in [-0.2, -0.15) is 4.98 Å². The molecule has 3 rings (SSSR count). The van der Waals surface area contributed by atoms with Gasteiger partial charge < -0.3 is 14.2 Å². The van der Waals surface area contributed by atoms with Gasteiger partial charge in [0.1, 0.15) is 5.75 Å². The molecule has 6 heteroatoms. The van der Waals surface area contributed by atoms with Crippen LogP contribution >= 0.6 is 0 Å². The second-order valence-electron chi connectivity index (χ2n) is 6.74. The molecule has 1 aromatic heterocycles. The lowest BCUT2D eigenvalue weighted by Gasteiger charge is -2.16. The minimum atomic E-state index is -0.0220. The number of ether oxygens (including phenoxy) is 1. The summed E-state index contributed by atoms with van der Waals surface area (Å²) in [5.74, 6) is 1.72. The van der Waals surface area contributed by atoms with E-state index in [1.165, 1.54) is 5.56 Å². The van der Waals surface area contributed by atoms with E-state index in [9.17, 15) is 4.79 Å². The Morgan fingerprint density at radius 2 is 1.96 bits per heavy atom. The van der Waals surface area contributed by atoms with Gasteiger partial charge in [-0.25, -0.2) is 0 Å². The number of carbonyl (C=O) groups excluding carboxylic acids is 1. The maximum atomic E-state index is 12.5. The zero-order valence-electron chi connectivity index (χ0n) is 16.5. The van der Waals surface area contributed by atoms with Gasteiger partial charge in [-0.1, -0.05) is 41.9 Å². The number of benzene rings is 2. The highest BCUT2D eigenvalue weighted by molar-refractivity contribution is 5.94. The second-order valence-corrected chi connectivity index (χ2v) is 6.74. The van der Waals surface area contributed by atoms with E-state index in [0.717, 1.165) is 17.7 Å². The lowest BCUT2D eigenvalue weighted by atomic mass is 10.1. The summed E-state index contributed by atoms with van der Waals surface area (Å²) < 4.78 is 10.9. The molecule has 146 valence electrons. The van der Waals surface area contributed by atoms with Crippen LogP contribution in [-0.2, 0) is 19.4 Å². The molecule has 1 heterocycles. The number of carbonyl (C=O) groups is 1. The fourth-order valence-corrected chi connectivity index (χ4v) is 2.78. The van der Waals surface area contributed by atoms with Crippen LogP contribution < -0.4 is 4.74 Å². The van der Waals surface area contributed by atoms with Crippen LogP contribution in [0.15, 0.2) is 53.1 Å². The fourth-order valence-electron chi connectivity index (χ4n) is 2.78. The molecule has 0 saturated carbocycles. The van der Waals surface area contributed by atoms with E-state index in [1.54, 1.807) is 11.9 Å². The predicted octanol–water partition coefficient (Wildman–Crippen LogP) is 3.83. The largest absolute Gasteiger partial charge is 0.484 e. The Labute approximate surface area is 165 Å². The van der Waals surface area contributed by atoms with Gasteiger partial charge in [0, 0.05) is 25.6 Å². The van der Waals surface area contributed by atoms with E-state index in [0.29, 0.717) is 30.2 Å². The Balaban J connectivity index is 1.49. The van der Waals surface area contributed by atoms with Crippen LogP contribution in [0.1, 0.15) is 40.1 Å². The van der Waals surface area contributed by atoms with Crippen molar-refractivity contribution < 1.29 is 14.1 Å². The molecule has 0 radical (unpaired) electrons. The van der Waals surface area contributed by atoms with Crippen LogP contribution in [-0.4, -0.2) is 34.5 Å². The highest BCUT2D eigenvalue weighted by Gasteiger charge is 2.14. The number of amides is 1. The summed E-state index contributed by atoms with van der Waals surface area (Å²) in [7, 11) is 1.77. The molecule has 0 spiro atoms. The van der Waals surface area contributed by atoms with Crippen molar-refractivity contribution in [2.24, 2.45) is 0 Å². The molecule has 0 N–H and O–H groups in total. The maximum absolute atomic E-state index is 12.5. The Bertz CT molecular complexity index is 919. The second kappa shape index (κ2) is 9.17. The third kappa shape index (κ3) is 5.19. The number of aryl methyl sites for hydroxylation is 2. The lowest BCUT2D eigenvalue weighted by molar-refractivity contribution is 0.0795. The van der Waals surface area contributed by atoms with Gasteiger partial charge in [-0.05, 0) is 43.2 Å². The van der Waals surface area contributed by atoms with Crippen LogP contribution in [0.3, 0.4) is 0 Å². The van der Waals surface area contributed by atoms with Gasteiger partial charge in [-0.15, -0.1) is 0 Å². The van der Waals surface area contributed by atoms with Gasteiger partial charge >= 0.3 is 0 Å². The highest BCUT2D eigenvalue weighted by atomic mass is 16.5. The molecule has 0 fully saturated rings. The van der Waals surface area contributed by atoms with Crippen molar-refractivity contribution in [2.75, 3.05) is 13.6 Å². The summed E-state index contributed by atoms with van der Waals surface area (Å²) in [6.45, 7) is 4.81. The van der Waals surface area contributed by atoms with Crippen molar-refractivity contribution in [1.82, 2.24) is 15.0 Å². The van der Waals surface area contributed by atoms with E-state index in [4.69, 9.17) is 9.26 Å². The first-order valence-corrected chi connectivity index (χ1v) is 9.40. The number of aromatic nitrogens is 2. The molecule has 28 heavy (non-hydrogen) atoms. The molecule has 0 unspecified atom stereocenters. The van der Waals surface area contributed by atoms with Crippen LogP contribution in [0.4, 0.5) is 0 Å². The molecule has 0 aliphatic heterocycles. The molecule has 0 aliphatic rings. The third-order valence-electron chi connectivity index (χ3n) is 4.49. The van der Waals surface area contributed by atoms with Crippen LogP contribution in [0, 0.1) is 6.92 Å². The van der Waals surface area contributed by atoms with Crippen LogP contribution in [0.5, 0.6) is 5.75 Å². The molecule has 3 aromatic rings. The first-order valence-electron chi connectivity index (χ1n) is 9.40. The van der Waals surface area contributed by atoms with Crippen molar-refractivity contribution in [3.05, 3.63) is 76.9 Å². The topological polar surface area (TPSA) is 68.5 Å². The summed E-state index contributed by atoms with van der Waals surface area (Å²) in [6.07, 6.45) is 1.51. The van der Waals surface area contributed by atoms with Crippen LogP contribution in [0.2, 0.25) is 0 Å². The number of likely N-dealkylation sites (N-methyl/N-ethyl adjacent to an activating group) is 1. The smallest absolute Gasteiger partial charge is 0.264 e. The Kier molecular flexibility index (Phi) is 6.42. The van der Waals surface area contributed by atoms with Gasteiger partial charge in [0.15, 0.2) is 12.4 Å². The number of nitrogens with zero attached hydrogens (tertiary/aromatic N) is 3. The standard InChI is InChI=1S/C22H25N3O3/c1-4-17-8-10-19(11-9-17)27-15-21-23-20(24-28-21)12-13-25(3)22(26)18-7-5-6-16(2)14-18/h5-11,14H,4,12-13,15H2,1-3H3. The summed E-state index contributed by atoms with van der Waals surface area (Å²) in [5.41, 5.74) is 3.00. The van der Waals surface area contributed by atoms with E-state index < -0.39 is 0 Å². The third-order valence-corrected chi connectivity index (χ3v) is 4.49. The Morgan fingerprint density at radius 3 is 2.68 bits per heavy atom. The normalized spacial score (nSPS) is 10.7. The van der Waals surface area contributed by atoms with Gasteiger partial charge in [0.25, 0.3) is 11.8 Å². The predicted molar refractivity (Wildman–Crippen MR) is 106 cm³/mol. The first kappa shape index (κ1) is 19.6. The molecular weight excluding hydrogens is 354 g/mol. The number of hydrogen-bond acceptors (Lipinski definition) is 5. The van der Waals surface area contributed by atoms with Gasteiger partial charge in [0.2, 0.25) is 0 Å². The lowest BCUT2D eigenvalue weighted by Crippen LogP contribution is -2.29. The average Bonchev–Trinajstić information content (AvgIpc) is 3.18. The fraction of sp³-hybridized carbons (Fsp3) is 0.318. The van der Waals surface area contributed by atoms with Crippen LogP contribution in [0.25, 0.3) is 0 Å². The molecule has 6 nitrogen and oxygen atoms in total. The average molecular weight is 379 g/mol. The Hall–Kier alpha value is -3.15. The molecular formula is C22H25N3O3. The molecule has 0 aliphatic carbocycles. The Morgan fingerprint density at radius 1 is 1.18 bits per heavy atom. The summed E-state index contributed by atoms with van der Waals surface area (Å²) >= 11 is 0. The number of hydrogen-bond donors (Lipinski definition) is 0. The molecule has 0 atom stereocenters. The minimum absolute atomic E-state index is 0.0220. The molecule has 2 aromatic carbocycles. The zero-order chi connectivity index (χ0) is 19.9. The van der Waals surface area contributed by atoms with Crippen molar-refractivity contribution in [3.8, 4) is 5.75 Å². The van der Waals surface area contributed by atoms with E-state index in [-0.39, 0.29) is 12.5 Å². The SMILES string of the molecule is CCc1ccc(OCc2nc(CCN(C)C(=O)c3cccc(C)c3)no2)cc1. The monoisotopic (exact) mass is 379 g/mol. The van der Waals surface area contributed by atoms with Crippen molar-refractivity contribution in [1.29, 1.82) is 0 Å². The summed E-state index contributed by atoms with van der Waals surface area (Å²) in [5, 5.41) is 3.97. The van der Waals surface area contributed by atoms with E-state index in [2.05, 4.69) is 17.1 Å². The molecule has 0 saturated heterocycles. The van der Waals surface area contributed by atoms with Gasteiger partial charge in [0.05, 0.1) is 0 Å². The van der Waals surface area contributed by atoms with Crippen molar-refractivity contribution in [3.63, 3.8) is 0 Å².